The van der Waals surface area contributed by atoms with Gasteiger partial charge in [0.2, 0.25) is 0 Å². The largest absolute Gasteiger partial charge is 0.497 e. The van der Waals surface area contributed by atoms with Gasteiger partial charge < -0.3 is 19.4 Å². The third-order valence-electron chi connectivity index (χ3n) is 6.00. The number of carbonyl (C=O) groups is 1. The molecule has 1 fully saturated rings. The number of hydrogen-bond donors (Lipinski definition) is 1. The van der Waals surface area contributed by atoms with Crippen molar-refractivity contribution in [3.8, 4) is 5.75 Å². The summed E-state index contributed by atoms with van der Waals surface area (Å²) in [5, 5.41) is 4.53. The minimum absolute atomic E-state index is 0.159. The molecule has 29 heavy (non-hydrogen) atoms. The summed E-state index contributed by atoms with van der Waals surface area (Å²) in [6.07, 6.45) is 1.70. The van der Waals surface area contributed by atoms with Crippen LogP contribution in [0.25, 0.3) is 10.9 Å². The number of aryl methyl sites for hydroxylation is 1. The second-order valence-electron chi connectivity index (χ2n) is 7.54. The molecule has 0 aliphatic carbocycles. The van der Waals surface area contributed by atoms with Gasteiger partial charge in [0.15, 0.2) is 0 Å². The normalized spacial score (nSPS) is 16.0. The number of fused-ring (bicyclic) bond motifs is 1. The van der Waals surface area contributed by atoms with Crippen LogP contribution in [0.4, 0.5) is 0 Å². The van der Waals surface area contributed by atoms with E-state index in [4.69, 9.17) is 21.1 Å². The van der Waals surface area contributed by atoms with Crippen LogP contribution in [0.15, 0.2) is 48.5 Å². The van der Waals surface area contributed by atoms with Gasteiger partial charge in [-0.05, 0) is 36.6 Å². The number of ether oxygens (including phenoxy) is 2. The lowest BCUT2D eigenvalue weighted by Crippen LogP contribution is -2.45. The van der Waals surface area contributed by atoms with Gasteiger partial charge in [-0.3, -0.25) is 4.79 Å². The average molecular weight is 413 g/mol. The van der Waals surface area contributed by atoms with E-state index in [9.17, 15) is 4.79 Å². The number of para-hydroxylation sites is 1. The first-order valence-corrected chi connectivity index (χ1v) is 10.2. The number of halogens is 1. The van der Waals surface area contributed by atoms with Crippen molar-refractivity contribution in [1.29, 1.82) is 0 Å². The Hall–Kier alpha value is -2.50. The van der Waals surface area contributed by atoms with Crippen LogP contribution < -0.4 is 10.1 Å². The molecule has 6 heteroatoms. The number of methoxy groups -OCH3 is 1. The van der Waals surface area contributed by atoms with Gasteiger partial charge in [-0.25, -0.2) is 0 Å². The lowest BCUT2D eigenvalue weighted by molar-refractivity contribution is 0.0486. The van der Waals surface area contributed by atoms with E-state index in [1.807, 2.05) is 48.0 Å². The minimum atomic E-state index is -0.169. The van der Waals surface area contributed by atoms with Crippen molar-refractivity contribution in [2.75, 3.05) is 26.9 Å². The number of benzene rings is 2. The summed E-state index contributed by atoms with van der Waals surface area (Å²) in [5.74, 6) is 0.662. The molecular weight excluding hydrogens is 388 g/mol. The Morgan fingerprint density at radius 1 is 1.17 bits per heavy atom. The fourth-order valence-electron chi connectivity index (χ4n) is 4.21. The van der Waals surface area contributed by atoms with Crippen molar-refractivity contribution in [1.82, 2.24) is 9.88 Å². The summed E-state index contributed by atoms with van der Waals surface area (Å²) in [6, 6.07) is 15.9. The molecule has 1 saturated heterocycles. The molecule has 1 aromatic heterocycles. The predicted molar refractivity (Wildman–Crippen MR) is 115 cm³/mol. The summed E-state index contributed by atoms with van der Waals surface area (Å²) in [6.45, 7) is 1.88. The molecule has 3 aromatic rings. The van der Waals surface area contributed by atoms with Crippen molar-refractivity contribution in [2.45, 2.75) is 18.3 Å². The maximum Gasteiger partial charge on any atom is 0.269 e. The molecule has 0 spiro atoms. The maximum absolute atomic E-state index is 13.1. The number of nitrogens with zero attached hydrogens (tertiary/aromatic N) is 1. The SMILES string of the molecule is COc1ccc(C2(CNC(=O)c3c(Cl)c4ccccc4n3C)CCOCC2)cc1. The summed E-state index contributed by atoms with van der Waals surface area (Å²) in [7, 11) is 3.53. The molecule has 1 aliphatic heterocycles. The summed E-state index contributed by atoms with van der Waals surface area (Å²) >= 11 is 6.55. The lowest BCUT2D eigenvalue weighted by atomic mass is 9.74. The lowest BCUT2D eigenvalue weighted by Gasteiger charge is -2.38. The Morgan fingerprint density at radius 3 is 2.52 bits per heavy atom. The number of aromatic nitrogens is 1. The van der Waals surface area contributed by atoms with Gasteiger partial charge in [0.05, 0.1) is 12.1 Å². The van der Waals surface area contributed by atoms with E-state index in [1.54, 1.807) is 7.11 Å². The van der Waals surface area contributed by atoms with Crippen LogP contribution in [0.5, 0.6) is 5.75 Å². The Balaban J connectivity index is 1.60. The van der Waals surface area contributed by atoms with Crippen LogP contribution in [0.2, 0.25) is 5.02 Å². The Kier molecular flexibility index (Phi) is 5.52. The second kappa shape index (κ2) is 8.09. The summed E-state index contributed by atoms with van der Waals surface area (Å²) in [4.78, 5) is 13.1. The standard InChI is InChI=1S/C23H25ClN2O3/c1-26-19-6-4-3-5-18(19)20(24)21(26)22(27)25-15-23(11-13-29-14-12-23)16-7-9-17(28-2)10-8-16/h3-10H,11-15H2,1-2H3,(H,25,27). The molecule has 1 aliphatic rings. The van der Waals surface area contributed by atoms with E-state index in [0.717, 1.165) is 29.5 Å². The van der Waals surface area contributed by atoms with Crippen LogP contribution in [0, 0.1) is 0 Å². The highest BCUT2D eigenvalue weighted by atomic mass is 35.5. The third kappa shape index (κ3) is 3.61. The van der Waals surface area contributed by atoms with E-state index in [-0.39, 0.29) is 11.3 Å². The van der Waals surface area contributed by atoms with Crippen LogP contribution >= 0.6 is 11.6 Å². The topological polar surface area (TPSA) is 52.5 Å². The van der Waals surface area contributed by atoms with Crippen LogP contribution in [-0.4, -0.2) is 37.3 Å². The second-order valence-corrected chi connectivity index (χ2v) is 7.92. The van der Waals surface area contributed by atoms with Crippen LogP contribution in [0.1, 0.15) is 28.9 Å². The zero-order valence-corrected chi connectivity index (χ0v) is 17.5. The Labute approximate surface area is 175 Å². The minimum Gasteiger partial charge on any atom is -0.497 e. The molecule has 0 atom stereocenters. The van der Waals surface area contributed by atoms with E-state index in [0.29, 0.717) is 30.5 Å². The smallest absolute Gasteiger partial charge is 0.269 e. The average Bonchev–Trinajstić information content (AvgIpc) is 3.03. The van der Waals surface area contributed by atoms with Crippen LogP contribution in [0.3, 0.4) is 0 Å². The van der Waals surface area contributed by atoms with Gasteiger partial charge in [-0.1, -0.05) is 41.9 Å². The molecule has 152 valence electrons. The third-order valence-corrected chi connectivity index (χ3v) is 6.38. The molecule has 1 N–H and O–H groups in total. The molecule has 4 rings (SSSR count). The first kappa shape index (κ1) is 19.8. The highest BCUT2D eigenvalue weighted by Crippen LogP contribution is 2.36. The molecule has 2 aromatic carbocycles. The molecule has 2 heterocycles. The zero-order chi connectivity index (χ0) is 20.4. The molecule has 1 amide bonds. The molecule has 0 unspecified atom stereocenters. The fourth-order valence-corrected chi connectivity index (χ4v) is 4.58. The van der Waals surface area contributed by atoms with E-state index < -0.39 is 0 Å². The molecule has 0 radical (unpaired) electrons. The quantitative estimate of drug-likeness (QED) is 0.679. The number of nitrogens with one attached hydrogen (secondary N) is 1. The molecule has 0 bridgehead atoms. The van der Waals surface area contributed by atoms with E-state index >= 15 is 0 Å². The number of carbonyl (C=O) groups excluding carboxylic acids is 1. The van der Waals surface area contributed by atoms with Gasteiger partial charge in [-0.2, -0.15) is 0 Å². The molecular formula is C23H25ClN2O3. The fraction of sp³-hybridized carbons (Fsp3) is 0.348. The molecule has 0 saturated carbocycles. The van der Waals surface area contributed by atoms with Crippen LogP contribution in [-0.2, 0) is 17.2 Å². The van der Waals surface area contributed by atoms with Gasteiger partial charge in [0, 0.05) is 43.1 Å². The monoisotopic (exact) mass is 412 g/mol. The van der Waals surface area contributed by atoms with Crippen molar-refractivity contribution < 1.29 is 14.3 Å². The maximum atomic E-state index is 13.1. The zero-order valence-electron chi connectivity index (χ0n) is 16.7. The summed E-state index contributed by atoms with van der Waals surface area (Å²) < 4.78 is 12.7. The number of hydrogen-bond acceptors (Lipinski definition) is 3. The van der Waals surface area contributed by atoms with E-state index in [2.05, 4.69) is 17.4 Å². The van der Waals surface area contributed by atoms with Crippen molar-refractivity contribution in [3.05, 3.63) is 64.8 Å². The Morgan fingerprint density at radius 2 is 1.86 bits per heavy atom. The predicted octanol–water partition coefficient (Wildman–Crippen LogP) is 4.32. The molecule has 5 nitrogen and oxygen atoms in total. The van der Waals surface area contributed by atoms with Gasteiger partial charge in [0.1, 0.15) is 11.4 Å². The summed E-state index contributed by atoms with van der Waals surface area (Å²) in [5.41, 5.74) is 2.45. The van der Waals surface area contributed by atoms with Gasteiger partial charge in [0.25, 0.3) is 5.91 Å². The van der Waals surface area contributed by atoms with Gasteiger partial charge in [-0.15, -0.1) is 0 Å². The first-order valence-electron chi connectivity index (χ1n) is 9.79. The number of rotatable bonds is 5. The van der Waals surface area contributed by atoms with E-state index in [1.165, 1.54) is 5.56 Å². The van der Waals surface area contributed by atoms with Gasteiger partial charge >= 0.3 is 0 Å². The van der Waals surface area contributed by atoms with Crippen molar-refractivity contribution in [2.24, 2.45) is 7.05 Å². The van der Waals surface area contributed by atoms with Crippen molar-refractivity contribution >= 4 is 28.4 Å². The highest BCUT2D eigenvalue weighted by molar-refractivity contribution is 6.38. The van der Waals surface area contributed by atoms with Crippen molar-refractivity contribution in [3.63, 3.8) is 0 Å². The highest BCUT2D eigenvalue weighted by Gasteiger charge is 2.35. The Bertz CT molecular complexity index is 982. The number of amides is 1. The first-order chi connectivity index (χ1) is 14.1.